The van der Waals surface area contributed by atoms with Crippen LogP contribution in [0.3, 0.4) is 0 Å². The predicted octanol–water partition coefficient (Wildman–Crippen LogP) is 8.91. The van der Waals surface area contributed by atoms with Gasteiger partial charge in [-0.2, -0.15) is 0 Å². The largest absolute Gasteiger partial charge is 0.416 e. The van der Waals surface area contributed by atoms with Crippen LogP contribution in [-0.4, -0.2) is 14.8 Å². The molecule has 34 heavy (non-hydrogen) atoms. The van der Waals surface area contributed by atoms with Crippen molar-refractivity contribution in [2.45, 2.75) is 41.2 Å². The minimum atomic E-state index is 0. The predicted molar refractivity (Wildman–Crippen MR) is 144 cm³/mol. The SMILES string of the molecule is C.C.CCC(C)n1c2ccccc2c2cc(-c3nnc(-c4cccc5ccccc45)o3)ccc21. The number of hydrogen-bond donors (Lipinski definition) is 0. The van der Waals surface area contributed by atoms with Crippen molar-refractivity contribution < 1.29 is 4.42 Å². The topological polar surface area (TPSA) is 43.9 Å². The first-order valence-electron chi connectivity index (χ1n) is 11.1. The molecule has 0 aliphatic heterocycles. The first kappa shape index (κ1) is 23.2. The third kappa shape index (κ3) is 3.56. The Bertz CT molecular complexity index is 1590. The maximum absolute atomic E-state index is 6.17. The van der Waals surface area contributed by atoms with E-state index in [1.807, 2.05) is 24.3 Å². The van der Waals surface area contributed by atoms with Crippen LogP contribution in [0.5, 0.6) is 0 Å². The van der Waals surface area contributed by atoms with Crippen molar-refractivity contribution in [3.05, 3.63) is 84.9 Å². The molecule has 0 radical (unpaired) electrons. The molecule has 4 aromatic carbocycles. The lowest BCUT2D eigenvalue weighted by Gasteiger charge is -2.14. The second kappa shape index (κ2) is 9.14. The number of rotatable bonds is 4. The molecule has 6 aromatic rings. The molecule has 0 aliphatic rings. The Kier molecular flexibility index (Phi) is 6.25. The Balaban J connectivity index is 0.00000137. The van der Waals surface area contributed by atoms with Crippen LogP contribution in [0, 0.1) is 0 Å². The average Bonchev–Trinajstić information content (AvgIpc) is 3.46. The van der Waals surface area contributed by atoms with E-state index in [1.165, 1.54) is 21.8 Å². The summed E-state index contributed by atoms with van der Waals surface area (Å²) in [5.74, 6) is 1.08. The summed E-state index contributed by atoms with van der Waals surface area (Å²) < 4.78 is 8.61. The number of benzene rings is 4. The summed E-state index contributed by atoms with van der Waals surface area (Å²) in [6.07, 6.45) is 1.08. The van der Waals surface area contributed by atoms with Gasteiger partial charge in [-0.05, 0) is 54.4 Å². The molecule has 0 spiro atoms. The van der Waals surface area contributed by atoms with E-state index in [4.69, 9.17) is 4.42 Å². The molecule has 0 N–H and O–H groups in total. The summed E-state index contributed by atoms with van der Waals surface area (Å²) in [5.41, 5.74) is 4.38. The molecule has 4 heteroatoms. The Labute approximate surface area is 200 Å². The van der Waals surface area contributed by atoms with Gasteiger partial charge in [-0.1, -0.05) is 76.4 Å². The van der Waals surface area contributed by atoms with E-state index in [0.717, 1.165) is 28.3 Å². The number of fused-ring (bicyclic) bond motifs is 4. The average molecular weight is 450 g/mol. The fourth-order valence-corrected chi connectivity index (χ4v) is 4.65. The monoisotopic (exact) mass is 449 g/mol. The van der Waals surface area contributed by atoms with Crippen LogP contribution in [0.2, 0.25) is 0 Å². The summed E-state index contributed by atoms with van der Waals surface area (Å²) in [5, 5.41) is 13.5. The highest BCUT2D eigenvalue weighted by Crippen LogP contribution is 2.36. The van der Waals surface area contributed by atoms with Gasteiger partial charge < -0.3 is 8.98 Å². The van der Waals surface area contributed by atoms with Crippen molar-refractivity contribution in [2.24, 2.45) is 0 Å². The Hall–Kier alpha value is -3.92. The molecule has 6 rings (SSSR count). The van der Waals surface area contributed by atoms with Gasteiger partial charge >= 0.3 is 0 Å². The highest BCUT2D eigenvalue weighted by molar-refractivity contribution is 6.09. The van der Waals surface area contributed by atoms with Gasteiger partial charge in [0.15, 0.2) is 0 Å². The Morgan fingerprint density at radius 3 is 2.24 bits per heavy atom. The van der Waals surface area contributed by atoms with Crippen LogP contribution in [-0.2, 0) is 0 Å². The van der Waals surface area contributed by atoms with E-state index in [0.29, 0.717) is 17.8 Å². The number of aromatic nitrogens is 3. The fraction of sp³-hybridized carbons (Fsp3) is 0.200. The van der Waals surface area contributed by atoms with Crippen LogP contribution in [0.15, 0.2) is 89.3 Å². The van der Waals surface area contributed by atoms with Crippen LogP contribution in [0.1, 0.15) is 41.2 Å². The van der Waals surface area contributed by atoms with Gasteiger partial charge in [0.1, 0.15) is 0 Å². The molecule has 4 nitrogen and oxygen atoms in total. The molecule has 0 aliphatic carbocycles. The molecule has 2 heterocycles. The Morgan fingerprint density at radius 2 is 1.41 bits per heavy atom. The zero-order valence-corrected chi connectivity index (χ0v) is 18.1. The van der Waals surface area contributed by atoms with Crippen LogP contribution >= 0.6 is 0 Å². The van der Waals surface area contributed by atoms with Crippen molar-refractivity contribution in [1.82, 2.24) is 14.8 Å². The van der Waals surface area contributed by atoms with E-state index in [9.17, 15) is 0 Å². The standard InChI is InChI=1S/C28H23N3O.2CH4/c1-3-18(2)31-25-14-7-6-12-22(25)24-17-20(15-16-26(24)31)27-29-30-28(32-27)23-13-8-10-19-9-4-5-11-21(19)23;;/h4-18H,3H2,1-2H3;2*1H4. The first-order chi connectivity index (χ1) is 15.7. The zero-order valence-electron chi connectivity index (χ0n) is 18.1. The molecular formula is C30H31N3O. The zero-order chi connectivity index (χ0) is 21.7. The van der Waals surface area contributed by atoms with Crippen LogP contribution in [0.4, 0.5) is 0 Å². The highest BCUT2D eigenvalue weighted by atomic mass is 16.4. The van der Waals surface area contributed by atoms with Gasteiger partial charge in [-0.25, -0.2) is 0 Å². The van der Waals surface area contributed by atoms with Gasteiger partial charge in [-0.15, -0.1) is 10.2 Å². The van der Waals surface area contributed by atoms with E-state index in [2.05, 4.69) is 89.3 Å². The molecular weight excluding hydrogens is 418 g/mol. The molecule has 0 amide bonds. The molecule has 0 saturated heterocycles. The molecule has 0 saturated carbocycles. The second-order valence-corrected chi connectivity index (χ2v) is 8.32. The van der Waals surface area contributed by atoms with Crippen LogP contribution < -0.4 is 0 Å². The van der Waals surface area contributed by atoms with Gasteiger partial charge in [0.25, 0.3) is 0 Å². The molecule has 1 atom stereocenters. The van der Waals surface area contributed by atoms with E-state index >= 15 is 0 Å². The normalized spacial score (nSPS) is 11.9. The van der Waals surface area contributed by atoms with Crippen molar-refractivity contribution in [3.8, 4) is 22.9 Å². The van der Waals surface area contributed by atoms with Gasteiger partial charge in [0, 0.05) is 39.0 Å². The minimum absolute atomic E-state index is 0. The molecule has 1 unspecified atom stereocenters. The number of para-hydroxylation sites is 1. The van der Waals surface area contributed by atoms with Crippen LogP contribution in [0.25, 0.3) is 55.5 Å². The third-order valence-corrected chi connectivity index (χ3v) is 6.43. The lowest BCUT2D eigenvalue weighted by atomic mass is 10.0. The van der Waals surface area contributed by atoms with Crippen molar-refractivity contribution in [3.63, 3.8) is 0 Å². The number of hydrogen-bond acceptors (Lipinski definition) is 3. The first-order valence-corrected chi connectivity index (χ1v) is 11.1. The smallest absolute Gasteiger partial charge is 0.248 e. The molecule has 2 aromatic heterocycles. The molecule has 0 bridgehead atoms. The lowest BCUT2D eigenvalue weighted by Crippen LogP contribution is -2.02. The summed E-state index contributed by atoms with van der Waals surface area (Å²) in [6, 6.07) is 29.9. The third-order valence-electron chi connectivity index (χ3n) is 6.43. The highest BCUT2D eigenvalue weighted by Gasteiger charge is 2.17. The summed E-state index contributed by atoms with van der Waals surface area (Å²) in [4.78, 5) is 0. The van der Waals surface area contributed by atoms with Crippen molar-refractivity contribution >= 4 is 32.6 Å². The minimum Gasteiger partial charge on any atom is -0.416 e. The molecule has 0 fully saturated rings. The second-order valence-electron chi connectivity index (χ2n) is 8.32. The van der Waals surface area contributed by atoms with Crippen molar-refractivity contribution in [1.29, 1.82) is 0 Å². The van der Waals surface area contributed by atoms with Gasteiger partial charge in [0.05, 0.1) is 0 Å². The van der Waals surface area contributed by atoms with E-state index in [1.54, 1.807) is 0 Å². The maximum Gasteiger partial charge on any atom is 0.248 e. The number of nitrogens with zero attached hydrogens (tertiary/aromatic N) is 3. The summed E-state index contributed by atoms with van der Waals surface area (Å²) in [6.45, 7) is 4.50. The van der Waals surface area contributed by atoms with E-state index < -0.39 is 0 Å². The summed E-state index contributed by atoms with van der Waals surface area (Å²) >= 11 is 0. The van der Waals surface area contributed by atoms with Gasteiger partial charge in [0.2, 0.25) is 11.8 Å². The Morgan fingerprint density at radius 1 is 0.735 bits per heavy atom. The molecule has 172 valence electrons. The summed E-state index contributed by atoms with van der Waals surface area (Å²) in [7, 11) is 0. The quantitative estimate of drug-likeness (QED) is 0.270. The lowest BCUT2D eigenvalue weighted by molar-refractivity contribution is 0.563. The fourth-order valence-electron chi connectivity index (χ4n) is 4.65. The van der Waals surface area contributed by atoms with E-state index in [-0.39, 0.29) is 14.9 Å². The maximum atomic E-state index is 6.17. The van der Waals surface area contributed by atoms with Crippen molar-refractivity contribution in [2.75, 3.05) is 0 Å². The van der Waals surface area contributed by atoms with Gasteiger partial charge in [-0.3, -0.25) is 0 Å².